The zero-order valence-electron chi connectivity index (χ0n) is 10.4. The number of rotatable bonds is 2. The van der Waals surface area contributed by atoms with Gasteiger partial charge in [0.2, 0.25) is 10.0 Å². The van der Waals surface area contributed by atoms with E-state index in [9.17, 15) is 21.6 Å². The summed E-state index contributed by atoms with van der Waals surface area (Å²) < 4.78 is 64.5. The Morgan fingerprint density at radius 1 is 1.20 bits per heavy atom. The molecule has 0 amide bonds. The minimum Gasteiger partial charge on any atom is -0.207 e. The SMILES string of the molecule is O=S(=O)(c1ccc(Br)cc1)N1CCC[C@@H](C(F)(F)F)C1. The fourth-order valence-electron chi connectivity index (χ4n) is 2.18. The average Bonchev–Trinajstić information content (AvgIpc) is 2.38. The third kappa shape index (κ3) is 3.35. The molecule has 8 heteroatoms. The topological polar surface area (TPSA) is 37.4 Å². The maximum Gasteiger partial charge on any atom is 0.393 e. The molecule has 0 aromatic heterocycles. The number of benzene rings is 1. The molecule has 0 saturated carbocycles. The monoisotopic (exact) mass is 371 g/mol. The summed E-state index contributed by atoms with van der Waals surface area (Å²) in [6.45, 7) is -0.368. The quantitative estimate of drug-likeness (QED) is 0.798. The van der Waals surface area contributed by atoms with Crippen LogP contribution in [0.1, 0.15) is 12.8 Å². The molecule has 20 heavy (non-hydrogen) atoms. The first-order valence-corrected chi connectivity index (χ1v) is 8.27. The van der Waals surface area contributed by atoms with E-state index in [0.29, 0.717) is 4.47 Å². The fourth-order valence-corrected chi connectivity index (χ4v) is 3.97. The van der Waals surface area contributed by atoms with Crippen molar-refractivity contribution >= 4 is 26.0 Å². The summed E-state index contributed by atoms with van der Waals surface area (Å²) in [4.78, 5) is 0.0172. The molecule has 0 N–H and O–H groups in total. The normalized spacial score (nSPS) is 21.9. The molecule has 1 atom stereocenters. The summed E-state index contributed by atoms with van der Waals surface area (Å²) in [6.07, 6.45) is -4.15. The zero-order valence-corrected chi connectivity index (χ0v) is 12.8. The Labute approximate surface area is 123 Å². The Morgan fingerprint density at radius 3 is 2.35 bits per heavy atom. The number of hydrogen-bond acceptors (Lipinski definition) is 2. The van der Waals surface area contributed by atoms with Gasteiger partial charge in [-0.15, -0.1) is 0 Å². The van der Waals surface area contributed by atoms with Gasteiger partial charge in [-0.05, 0) is 37.1 Å². The molecule has 3 nitrogen and oxygen atoms in total. The van der Waals surface area contributed by atoms with E-state index >= 15 is 0 Å². The molecule has 0 spiro atoms. The summed E-state index contributed by atoms with van der Waals surface area (Å²) >= 11 is 3.19. The molecular formula is C12H13BrF3NO2S. The number of halogens is 4. The second-order valence-corrected chi connectivity index (χ2v) is 7.55. The van der Waals surface area contributed by atoms with Crippen LogP contribution in [-0.2, 0) is 10.0 Å². The first-order chi connectivity index (χ1) is 9.21. The van der Waals surface area contributed by atoms with Crippen molar-refractivity contribution in [2.75, 3.05) is 13.1 Å². The highest BCUT2D eigenvalue weighted by atomic mass is 79.9. The third-order valence-corrected chi connectivity index (χ3v) is 5.71. The lowest BCUT2D eigenvalue weighted by atomic mass is 9.99. The molecule has 2 rings (SSSR count). The molecule has 1 aliphatic rings. The van der Waals surface area contributed by atoms with Gasteiger partial charge >= 0.3 is 6.18 Å². The van der Waals surface area contributed by atoms with Crippen LogP contribution in [0.5, 0.6) is 0 Å². The van der Waals surface area contributed by atoms with Gasteiger partial charge in [-0.25, -0.2) is 8.42 Å². The maximum absolute atomic E-state index is 12.7. The summed E-state index contributed by atoms with van der Waals surface area (Å²) in [5, 5.41) is 0. The molecule has 0 unspecified atom stereocenters. The standard InChI is InChI=1S/C12H13BrF3NO2S/c13-10-3-5-11(6-4-10)20(18,19)17-7-1-2-9(8-17)12(14,15)16/h3-6,9H,1-2,7-8H2/t9-/m1/s1. The van der Waals surface area contributed by atoms with E-state index in [1.807, 2.05) is 0 Å². The number of alkyl halides is 3. The summed E-state index contributed by atoms with van der Waals surface area (Å²) in [5.41, 5.74) is 0. The molecule has 1 fully saturated rings. The van der Waals surface area contributed by atoms with Gasteiger partial charge in [0.15, 0.2) is 0 Å². The van der Waals surface area contributed by atoms with Gasteiger partial charge in [-0.2, -0.15) is 17.5 Å². The van der Waals surface area contributed by atoms with Crippen LogP contribution in [0, 0.1) is 5.92 Å². The van der Waals surface area contributed by atoms with Crippen LogP contribution in [-0.4, -0.2) is 32.0 Å². The van der Waals surface area contributed by atoms with E-state index in [-0.39, 0.29) is 24.3 Å². The van der Waals surface area contributed by atoms with E-state index in [0.717, 1.165) is 4.31 Å². The highest BCUT2D eigenvalue weighted by Gasteiger charge is 2.44. The predicted octanol–water partition coefficient (Wildman–Crippen LogP) is 3.41. The Morgan fingerprint density at radius 2 is 1.80 bits per heavy atom. The van der Waals surface area contributed by atoms with Crippen molar-refractivity contribution in [3.63, 3.8) is 0 Å². The summed E-state index contributed by atoms with van der Waals surface area (Å²) in [7, 11) is -3.86. The minimum atomic E-state index is -4.35. The van der Waals surface area contributed by atoms with Crippen LogP contribution in [0.3, 0.4) is 0 Å². The van der Waals surface area contributed by atoms with Gasteiger partial charge in [0.05, 0.1) is 10.8 Å². The molecule has 1 heterocycles. The number of piperidine rings is 1. The van der Waals surface area contributed by atoms with Gasteiger partial charge in [0, 0.05) is 17.6 Å². The molecule has 112 valence electrons. The Hall–Kier alpha value is -0.600. The number of nitrogens with zero attached hydrogens (tertiary/aromatic N) is 1. The molecule has 1 aliphatic heterocycles. The lowest BCUT2D eigenvalue weighted by Crippen LogP contribution is -2.44. The molecule has 1 aromatic carbocycles. The molecule has 0 aliphatic carbocycles. The lowest BCUT2D eigenvalue weighted by molar-refractivity contribution is -0.182. The van der Waals surface area contributed by atoms with Crippen LogP contribution in [0.2, 0.25) is 0 Å². The summed E-state index contributed by atoms with van der Waals surface area (Å²) in [5.74, 6) is -1.58. The third-order valence-electron chi connectivity index (χ3n) is 3.30. The summed E-state index contributed by atoms with van der Waals surface area (Å²) in [6, 6.07) is 5.88. The van der Waals surface area contributed by atoms with E-state index in [4.69, 9.17) is 0 Å². The van der Waals surface area contributed by atoms with Gasteiger partial charge in [0.1, 0.15) is 0 Å². The Kier molecular flexibility index (Phi) is 4.46. The van der Waals surface area contributed by atoms with Gasteiger partial charge in [0.25, 0.3) is 0 Å². The second-order valence-electron chi connectivity index (χ2n) is 4.70. The molecule has 1 aromatic rings. The van der Waals surface area contributed by atoms with E-state index < -0.39 is 28.7 Å². The van der Waals surface area contributed by atoms with Gasteiger partial charge in [-0.1, -0.05) is 15.9 Å². The first kappa shape index (κ1) is 15.8. The van der Waals surface area contributed by atoms with Gasteiger partial charge < -0.3 is 0 Å². The number of hydrogen-bond donors (Lipinski definition) is 0. The van der Waals surface area contributed by atoms with E-state index in [1.54, 1.807) is 12.1 Å². The minimum absolute atomic E-state index is 0.0172. The number of sulfonamides is 1. The highest BCUT2D eigenvalue weighted by molar-refractivity contribution is 9.10. The highest BCUT2D eigenvalue weighted by Crippen LogP contribution is 2.35. The molecular weight excluding hydrogens is 359 g/mol. The Balaban J connectivity index is 2.23. The lowest BCUT2D eigenvalue weighted by Gasteiger charge is -2.32. The zero-order chi connectivity index (χ0) is 15.0. The van der Waals surface area contributed by atoms with Crippen molar-refractivity contribution in [3.05, 3.63) is 28.7 Å². The van der Waals surface area contributed by atoms with Crippen molar-refractivity contribution in [3.8, 4) is 0 Å². The second kappa shape index (κ2) is 5.65. The largest absolute Gasteiger partial charge is 0.393 e. The average molecular weight is 372 g/mol. The van der Waals surface area contributed by atoms with Crippen molar-refractivity contribution in [1.82, 2.24) is 4.31 Å². The maximum atomic E-state index is 12.7. The van der Waals surface area contributed by atoms with Crippen molar-refractivity contribution in [1.29, 1.82) is 0 Å². The van der Waals surface area contributed by atoms with Crippen LogP contribution >= 0.6 is 15.9 Å². The van der Waals surface area contributed by atoms with Gasteiger partial charge in [-0.3, -0.25) is 0 Å². The van der Waals surface area contributed by atoms with Crippen molar-refractivity contribution < 1.29 is 21.6 Å². The van der Waals surface area contributed by atoms with Crippen LogP contribution in [0.25, 0.3) is 0 Å². The predicted molar refractivity (Wildman–Crippen MR) is 71.7 cm³/mol. The molecule has 0 bridgehead atoms. The van der Waals surface area contributed by atoms with Crippen LogP contribution in [0.4, 0.5) is 13.2 Å². The van der Waals surface area contributed by atoms with Crippen molar-refractivity contribution in [2.24, 2.45) is 5.92 Å². The fraction of sp³-hybridized carbons (Fsp3) is 0.500. The van der Waals surface area contributed by atoms with Crippen LogP contribution < -0.4 is 0 Å². The van der Waals surface area contributed by atoms with Crippen molar-refractivity contribution in [2.45, 2.75) is 23.9 Å². The smallest absolute Gasteiger partial charge is 0.207 e. The molecule has 1 saturated heterocycles. The molecule has 0 radical (unpaired) electrons. The van der Waals surface area contributed by atoms with Crippen LogP contribution in [0.15, 0.2) is 33.6 Å². The Bertz CT molecular complexity index is 571. The first-order valence-electron chi connectivity index (χ1n) is 6.03. The van der Waals surface area contributed by atoms with E-state index in [2.05, 4.69) is 15.9 Å². The van der Waals surface area contributed by atoms with E-state index in [1.165, 1.54) is 12.1 Å².